The molecule has 0 radical (unpaired) electrons. The molecule has 0 aromatic heterocycles. The highest BCUT2D eigenvalue weighted by molar-refractivity contribution is 7.99. The van der Waals surface area contributed by atoms with Crippen molar-refractivity contribution in [2.75, 3.05) is 29.6 Å². The first-order valence-electron chi connectivity index (χ1n) is 14.3. The predicted octanol–water partition coefficient (Wildman–Crippen LogP) is 7.77. The van der Waals surface area contributed by atoms with Crippen LogP contribution < -0.4 is 15.6 Å². The van der Waals surface area contributed by atoms with Gasteiger partial charge in [0.05, 0.1) is 41.2 Å². The molecule has 1 aliphatic rings. The van der Waals surface area contributed by atoms with Gasteiger partial charge in [0.1, 0.15) is 12.3 Å². The van der Waals surface area contributed by atoms with Crippen molar-refractivity contribution in [1.29, 1.82) is 0 Å². The quantitative estimate of drug-likeness (QED) is 0.0769. The lowest BCUT2D eigenvalue weighted by Crippen LogP contribution is -2.31. The minimum absolute atomic E-state index is 0.0189. The van der Waals surface area contributed by atoms with Crippen LogP contribution in [0.25, 0.3) is 0 Å². The Labute approximate surface area is 277 Å². The number of aryl methyl sites for hydroxylation is 1. The van der Waals surface area contributed by atoms with E-state index in [9.17, 15) is 27.6 Å². The lowest BCUT2D eigenvalue weighted by atomic mass is 10.1. The summed E-state index contributed by atoms with van der Waals surface area (Å²) in [5.41, 5.74) is 5.72. The smallest absolute Gasteiger partial charge is 0.416 e. The molecule has 1 heterocycles. The average Bonchev–Trinajstić information content (AvgIpc) is 3.42. The number of carbonyl (C=O) groups excluding carboxylic acids is 3. The van der Waals surface area contributed by atoms with E-state index in [0.29, 0.717) is 16.8 Å². The zero-order valence-corrected chi connectivity index (χ0v) is 26.5. The second kappa shape index (κ2) is 14.7. The second-order valence-electron chi connectivity index (χ2n) is 10.4. The summed E-state index contributed by atoms with van der Waals surface area (Å²) < 4.78 is 43.8. The number of hydrazone groups is 1. The minimum atomic E-state index is -4.58. The van der Waals surface area contributed by atoms with E-state index in [-0.39, 0.29) is 17.3 Å². The number of halogens is 4. The molecule has 0 saturated heterocycles. The number of fused-ring (bicyclic) bond motifs is 1. The molecule has 0 fully saturated rings. The average molecular weight is 681 g/mol. The first-order valence-corrected chi connectivity index (χ1v) is 15.7. The molecule has 242 valence electrons. The Bertz CT molecular complexity index is 1800. The third-order valence-corrected chi connectivity index (χ3v) is 8.69. The maximum Gasteiger partial charge on any atom is 0.416 e. The van der Waals surface area contributed by atoms with Crippen LogP contribution in [0, 0.1) is 0 Å². The second-order valence-corrected chi connectivity index (χ2v) is 12.0. The summed E-state index contributed by atoms with van der Waals surface area (Å²) in [4.78, 5) is 39.6. The number of nitrogens with zero attached hydrogens (tertiary/aromatic N) is 2. The van der Waals surface area contributed by atoms with Gasteiger partial charge in [-0.1, -0.05) is 54.1 Å². The van der Waals surface area contributed by atoms with Crippen LogP contribution >= 0.6 is 23.4 Å². The maximum atomic E-state index is 13.0. The number of amides is 2. The van der Waals surface area contributed by atoms with Gasteiger partial charge in [0.2, 0.25) is 0 Å². The van der Waals surface area contributed by atoms with Gasteiger partial charge in [-0.3, -0.25) is 0 Å². The molecule has 0 aliphatic carbocycles. The summed E-state index contributed by atoms with van der Waals surface area (Å²) >= 11 is 7.60. The lowest BCUT2D eigenvalue weighted by Gasteiger charge is -2.26. The van der Waals surface area contributed by atoms with Crippen LogP contribution in [0.15, 0.2) is 101 Å². The van der Waals surface area contributed by atoms with Crippen LogP contribution in [0.3, 0.4) is 0 Å². The third-order valence-electron chi connectivity index (χ3n) is 7.39. The van der Waals surface area contributed by atoms with E-state index >= 15 is 0 Å². The molecule has 4 aromatic carbocycles. The van der Waals surface area contributed by atoms with Crippen molar-refractivity contribution >= 4 is 58.7 Å². The molecule has 1 aliphatic heterocycles. The number of alkyl halides is 3. The predicted molar refractivity (Wildman–Crippen MR) is 176 cm³/mol. The zero-order chi connectivity index (χ0) is 33.6. The molecule has 13 heteroatoms. The summed E-state index contributed by atoms with van der Waals surface area (Å²) in [6.07, 6.45) is -2.99. The molecule has 1 atom stereocenters. The van der Waals surface area contributed by atoms with Crippen molar-refractivity contribution in [1.82, 2.24) is 5.43 Å². The van der Waals surface area contributed by atoms with Crippen LogP contribution in [0.5, 0.6) is 0 Å². The van der Waals surface area contributed by atoms with Crippen molar-refractivity contribution in [3.05, 3.63) is 124 Å². The molecule has 0 saturated carbocycles. The van der Waals surface area contributed by atoms with Crippen molar-refractivity contribution in [3.8, 4) is 0 Å². The molecular weight excluding hydrogens is 653 g/mol. The van der Waals surface area contributed by atoms with Crippen molar-refractivity contribution in [2.24, 2.45) is 5.10 Å². The summed E-state index contributed by atoms with van der Waals surface area (Å²) in [5.74, 6) is 0.345. The van der Waals surface area contributed by atoms with E-state index in [0.717, 1.165) is 58.4 Å². The highest BCUT2D eigenvalue weighted by Crippen LogP contribution is 2.37. The van der Waals surface area contributed by atoms with Gasteiger partial charge in [-0.05, 0) is 66.1 Å². The Morgan fingerprint density at radius 3 is 2.45 bits per heavy atom. The monoisotopic (exact) mass is 680 g/mol. The third kappa shape index (κ3) is 8.13. The Morgan fingerprint density at radius 2 is 1.79 bits per heavy atom. The number of carbonyl (C=O) groups is 3. The summed E-state index contributed by atoms with van der Waals surface area (Å²) in [5, 5.41) is 6.47. The summed E-state index contributed by atoms with van der Waals surface area (Å²) in [7, 11) is 1.34. The molecule has 47 heavy (non-hydrogen) atoms. The van der Waals surface area contributed by atoms with Gasteiger partial charge in [-0.25, -0.2) is 15.0 Å². The highest BCUT2D eigenvalue weighted by atomic mass is 35.5. The number of ether oxygens (including phenoxy) is 1. The SMILES string of the molecule is COC(=O)c1ccc(CCSc2ccc3c(c2)C(=NNC(=O)Nc2ccc(C(F)(F)F)cc2Cl)CN3C(C=O)c2ccccc2)cc1. The number of anilines is 2. The maximum absolute atomic E-state index is 13.0. The van der Waals surface area contributed by atoms with Gasteiger partial charge in [-0.15, -0.1) is 11.8 Å². The summed E-state index contributed by atoms with van der Waals surface area (Å²) in [6, 6.07) is 23.5. The fourth-order valence-electron chi connectivity index (χ4n) is 5.02. The van der Waals surface area contributed by atoms with E-state index in [2.05, 4.69) is 15.8 Å². The van der Waals surface area contributed by atoms with Crippen LogP contribution in [-0.2, 0) is 22.1 Å². The minimum Gasteiger partial charge on any atom is -0.465 e. The van der Waals surface area contributed by atoms with Gasteiger partial charge in [0.15, 0.2) is 0 Å². The van der Waals surface area contributed by atoms with Crippen LogP contribution in [0.1, 0.15) is 38.7 Å². The molecule has 5 rings (SSSR count). The topological polar surface area (TPSA) is 100 Å². The van der Waals surface area contributed by atoms with Gasteiger partial charge in [0.25, 0.3) is 0 Å². The van der Waals surface area contributed by atoms with E-state index in [4.69, 9.17) is 16.3 Å². The van der Waals surface area contributed by atoms with Crippen molar-refractivity contribution < 1.29 is 32.3 Å². The van der Waals surface area contributed by atoms with Gasteiger partial charge >= 0.3 is 18.2 Å². The van der Waals surface area contributed by atoms with Crippen LogP contribution in [-0.4, -0.2) is 43.4 Å². The number of esters is 1. The number of rotatable bonds is 10. The highest BCUT2D eigenvalue weighted by Gasteiger charge is 2.32. The largest absolute Gasteiger partial charge is 0.465 e. The fraction of sp³-hybridized carbons (Fsp3) is 0.176. The Kier molecular flexibility index (Phi) is 10.5. The standard InChI is InChI=1S/C34H28ClF3N4O4S/c1-46-32(44)23-9-7-21(8-10-23)15-16-47-25-12-14-30-26(18-25)29(19-42(30)31(20-43)22-5-3-2-4-6-22)40-41-33(45)39-28-13-11-24(17-27(28)35)34(36,37)38/h2-14,17-18,20,31H,15-16,19H2,1H3,(H2,39,41,45). The van der Waals surface area contributed by atoms with E-state index in [1.54, 1.807) is 23.9 Å². The number of hydrogen-bond donors (Lipinski definition) is 2. The number of urea groups is 1. The van der Waals surface area contributed by atoms with E-state index < -0.39 is 29.8 Å². The van der Waals surface area contributed by atoms with Gasteiger partial charge < -0.3 is 19.7 Å². The van der Waals surface area contributed by atoms with Crippen LogP contribution in [0.4, 0.5) is 29.3 Å². The van der Waals surface area contributed by atoms with E-state index in [1.165, 1.54) is 7.11 Å². The molecule has 1 unspecified atom stereocenters. The first kappa shape index (κ1) is 33.6. The number of thioether (sulfide) groups is 1. The molecule has 8 nitrogen and oxygen atoms in total. The Hall–Kier alpha value is -4.81. The molecule has 2 N–H and O–H groups in total. The molecule has 2 amide bonds. The molecule has 0 spiro atoms. The molecule has 4 aromatic rings. The van der Waals surface area contributed by atoms with Gasteiger partial charge in [0, 0.05) is 21.9 Å². The van der Waals surface area contributed by atoms with Gasteiger partial charge in [-0.2, -0.15) is 18.3 Å². The first-order chi connectivity index (χ1) is 22.6. The number of nitrogens with one attached hydrogen (secondary N) is 2. The van der Waals surface area contributed by atoms with Crippen molar-refractivity contribution in [2.45, 2.75) is 23.5 Å². The normalized spacial score (nSPS) is 14.0. The zero-order valence-electron chi connectivity index (χ0n) is 24.9. The number of methoxy groups -OCH3 is 1. The number of aldehydes is 1. The number of benzene rings is 4. The Balaban J connectivity index is 1.34. The van der Waals surface area contributed by atoms with Crippen molar-refractivity contribution in [3.63, 3.8) is 0 Å². The van der Waals surface area contributed by atoms with E-state index in [1.807, 2.05) is 65.6 Å². The number of hydrogen-bond acceptors (Lipinski definition) is 7. The lowest BCUT2D eigenvalue weighted by molar-refractivity contribution is -0.137. The Morgan fingerprint density at radius 1 is 1.04 bits per heavy atom. The van der Waals surface area contributed by atoms with Crippen LogP contribution in [0.2, 0.25) is 5.02 Å². The molecular formula is C34H28ClF3N4O4S. The molecule has 0 bridgehead atoms. The fourth-order valence-corrected chi connectivity index (χ4v) is 6.18. The summed E-state index contributed by atoms with van der Waals surface area (Å²) in [6.45, 7) is 0.204.